The summed E-state index contributed by atoms with van der Waals surface area (Å²) in [6, 6.07) is 11.9. The fourth-order valence-electron chi connectivity index (χ4n) is 3.21. The Hall–Kier alpha value is -2.78. The van der Waals surface area contributed by atoms with Gasteiger partial charge in [0, 0.05) is 17.4 Å². The number of para-hydroxylation sites is 1. The summed E-state index contributed by atoms with van der Waals surface area (Å²) in [4.78, 5) is 17.6. The minimum atomic E-state index is -0.329. The first-order valence-corrected chi connectivity index (χ1v) is 11.0. The van der Waals surface area contributed by atoms with E-state index >= 15 is 0 Å². The van der Waals surface area contributed by atoms with Crippen molar-refractivity contribution in [1.82, 2.24) is 0 Å². The highest BCUT2D eigenvalue weighted by atomic mass is 31.1. The molecule has 0 saturated heterocycles. The Balaban J connectivity index is 1.94. The average Bonchev–Trinajstić information content (AvgIpc) is 2.74. The molecule has 4 nitrogen and oxygen atoms in total. The van der Waals surface area contributed by atoms with E-state index in [1.165, 1.54) is 12.1 Å². The van der Waals surface area contributed by atoms with E-state index in [1.54, 1.807) is 12.1 Å². The van der Waals surface area contributed by atoms with E-state index in [0.29, 0.717) is 31.6 Å². The quantitative estimate of drug-likeness (QED) is 0.411. The monoisotopic (exact) mass is 409 g/mol. The molecule has 29 heavy (non-hydrogen) atoms. The summed E-state index contributed by atoms with van der Waals surface area (Å²) in [7, 11) is 0.538. The Morgan fingerprint density at radius 3 is 2.41 bits per heavy atom. The van der Waals surface area contributed by atoms with Gasteiger partial charge in [-0.3, -0.25) is 4.79 Å². The summed E-state index contributed by atoms with van der Waals surface area (Å²) in [6.07, 6.45) is 4.13. The second kappa shape index (κ2) is 9.62. The van der Waals surface area contributed by atoms with E-state index in [9.17, 15) is 9.18 Å². The summed E-state index contributed by atoms with van der Waals surface area (Å²) in [6.45, 7) is 4.15. The van der Waals surface area contributed by atoms with Crippen LogP contribution in [0.4, 0.5) is 10.1 Å². The van der Waals surface area contributed by atoms with Crippen LogP contribution in [0, 0.1) is 5.82 Å². The highest BCUT2D eigenvalue weighted by molar-refractivity contribution is 7.42. The van der Waals surface area contributed by atoms with Gasteiger partial charge in [-0.15, -0.1) is 0 Å². The van der Waals surface area contributed by atoms with Crippen LogP contribution >= 0.6 is 8.58 Å². The van der Waals surface area contributed by atoms with Gasteiger partial charge >= 0.3 is 0 Å². The molecule has 1 aliphatic heterocycles. The lowest BCUT2D eigenvalue weighted by Crippen LogP contribution is -2.20. The first-order valence-electron chi connectivity index (χ1n) is 9.68. The zero-order valence-corrected chi connectivity index (χ0v) is 17.6. The Bertz CT molecular complexity index is 971. The molecule has 0 spiro atoms. The Morgan fingerprint density at radius 2 is 1.79 bits per heavy atom. The van der Waals surface area contributed by atoms with Gasteiger partial charge < -0.3 is 11.1 Å². The minimum Gasteiger partial charge on any atom is -0.383 e. The molecule has 2 aromatic carbocycles. The number of nitrogens with zero attached hydrogens (tertiary/aromatic N) is 1. The molecule has 0 radical (unpaired) electrons. The third-order valence-corrected chi connectivity index (χ3v) is 5.77. The Morgan fingerprint density at radius 1 is 1.14 bits per heavy atom. The number of aryl methyl sites for hydroxylation is 2. The number of hydrogen-bond donors (Lipinski definition) is 2. The number of carbonyl (C=O) groups is 1. The van der Waals surface area contributed by atoms with Crippen LogP contribution in [0.25, 0.3) is 0 Å². The summed E-state index contributed by atoms with van der Waals surface area (Å²) >= 11 is 0. The third-order valence-electron chi connectivity index (χ3n) is 4.83. The molecule has 1 atom stereocenters. The number of rotatable bonds is 6. The van der Waals surface area contributed by atoms with Crippen molar-refractivity contribution in [2.75, 3.05) is 11.5 Å². The number of allylic oxidation sites excluding steroid dienone is 1. The van der Waals surface area contributed by atoms with Crippen LogP contribution in [-0.4, -0.2) is 17.9 Å². The van der Waals surface area contributed by atoms with E-state index in [4.69, 9.17) is 5.73 Å². The highest BCUT2D eigenvalue weighted by Gasteiger charge is 2.18. The van der Waals surface area contributed by atoms with Gasteiger partial charge in [-0.1, -0.05) is 46.4 Å². The number of carbonyl (C=O) groups excluding carboxylic acids is 1. The van der Waals surface area contributed by atoms with Crippen molar-refractivity contribution in [3.63, 3.8) is 0 Å². The van der Waals surface area contributed by atoms with E-state index < -0.39 is 0 Å². The summed E-state index contributed by atoms with van der Waals surface area (Å²) in [5, 5.41) is 3.10. The van der Waals surface area contributed by atoms with Crippen molar-refractivity contribution in [2.45, 2.75) is 26.7 Å². The topological polar surface area (TPSA) is 67.5 Å². The van der Waals surface area contributed by atoms with Crippen molar-refractivity contribution in [3.05, 3.63) is 88.1 Å². The zero-order valence-electron chi connectivity index (χ0n) is 16.6. The number of halogens is 1. The first kappa shape index (κ1) is 20.9. The minimum absolute atomic E-state index is 0.188. The molecule has 0 aromatic heterocycles. The van der Waals surface area contributed by atoms with Crippen LogP contribution in [0.5, 0.6) is 0 Å². The maximum Gasteiger partial charge on any atom is 0.257 e. The lowest BCUT2D eigenvalue weighted by atomic mass is 10.0. The fourth-order valence-corrected chi connectivity index (χ4v) is 4.08. The number of nitrogens with one attached hydrogen (secondary N) is 1. The summed E-state index contributed by atoms with van der Waals surface area (Å²) < 4.78 is 13.2. The highest BCUT2D eigenvalue weighted by Crippen LogP contribution is 2.29. The van der Waals surface area contributed by atoms with Gasteiger partial charge in [0.25, 0.3) is 5.91 Å². The predicted octanol–water partition coefficient (Wildman–Crippen LogP) is 4.75. The number of nitrogens with two attached hydrogens (primary N) is 1. The fraction of sp³-hybridized carbons (Fsp3) is 0.217. The van der Waals surface area contributed by atoms with Crippen LogP contribution in [0.1, 0.15) is 30.5 Å². The molecule has 0 bridgehead atoms. The van der Waals surface area contributed by atoms with E-state index in [-0.39, 0.29) is 17.6 Å². The van der Waals surface area contributed by atoms with E-state index in [1.807, 2.05) is 30.1 Å². The van der Waals surface area contributed by atoms with Crippen molar-refractivity contribution in [3.8, 4) is 0 Å². The van der Waals surface area contributed by atoms with E-state index in [0.717, 1.165) is 29.7 Å². The zero-order chi connectivity index (χ0) is 20.8. The average molecular weight is 409 g/mol. The molecular weight excluding hydrogens is 384 g/mol. The number of hydrogen-bond acceptors (Lipinski definition) is 2. The van der Waals surface area contributed by atoms with Crippen LogP contribution in [0.15, 0.2) is 70.6 Å². The smallest absolute Gasteiger partial charge is 0.257 e. The van der Waals surface area contributed by atoms with Crippen molar-refractivity contribution < 1.29 is 9.18 Å². The van der Waals surface area contributed by atoms with Crippen molar-refractivity contribution in [1.29, 1.82) is 0 Å². The van der Waals surface area contributed by atoms with Crippen molar-refractivity contribution >= 4 is 26.0 Å². The molecular formula is C23H25FN3OP. The normalized spacial score (nSPS) is 15.1. The number of amides is 1. The largest absolute Gasteiger partial charge is 0.383 e. The second-order valence-corrected chi connectivity index (χ2v) is 7.79. The molecule has 150 valence electrons. The predicted molar refractivity (Wildman–Crippen MR) is 120 cm³/mol. The molecule has 1 aliphatic rings. The molecule has 1 amide bonds. The van der Waals surface area contributed by atoms with Gasteiger partial charge in [-0.25, -0.2) is 9.38 Å². The first-order chi connectivity index (χ1) is 14.0. The van der Waals surface area contributed by atoms with Gasteiger partial charge in [0.15, 0.2) is 0 Å². The van der Waals surface area contributed by atoms with Gasteiger partial charge in [0.2, 0.25) is 0 Å². The molecule has 6 heteroatoms. The third kappa shape index (κ3) is 4.99. The maximum atomic E-state index is 13.2. The summed E-state index contributed by atoms with van der Waals surface area (Å²) in [5.74, 6) is 1.75. The molecule has 3 N–H and O–H groups in total. The lowest BCUT2D eigenvalue weighted by Gasteiger charge is -2.17. The SMILES string of the molecule is CCc1cccc(CC)c1NC(=O)C1=C(N=C(N)c2ccc(F)cc2)CPC=C1. The van der Waals surface area contributed by atoms with Gasteiger partial charge in [-0.05, 0) is 54.3 Å². The summed E-state index contributed by atoms with van der Waals surface area (Å²) in [5.41, 5.74) is 11.0. The second-order valence-electron chi connectivity index (χ2n) is 6.69. The molecule has 1 heterocycles. The van der Waals surface area contributed by atoms with Crippen LogP contribution in [0.2, 0.25) is 0 Å². The maximum absolute atomic E-state index is 13.2. The number of aliphatic imine (C=N–C) groups is 1. The van der Waals surface area contributed by atoms with Crippen LogP contribution in [0.3, 0.4) is 0 Å². The molecule has 0 fully saturated rings. The van der Waals surface area contributed by atoms with Gasteiger partial charge in [0.1, 0.15) is 11.7 Å². The van der Waals surface area contributed by atoms with Crippen LogP contribution in [-0.2, 0) is 17.6 Å². The number of amidine groups is 1. The lowest BCUT2D eigenvalue weighted by molar-refractivity contribution is -0.112. The molecule has 3 rings (SSSR count). The van der Waals surface area contributed by atoms with Crippen LogP contribution < -0.4 is 11.1 Å². The molecule has 1 unspecified atom stereocenters. The Kier molecular flexibility index (Phi) is 6.95. The van der Waals surface area contributed by atoms with E-state index in [2.05, 4.69) is 24.2 Å². The van der Waals surface area contributed by atoms with Gasteiger partial charge in [-0.2, -0.15) is 0 Å². The number of benzene rings is 2. The van der Waals surface area contributed by atoms with Crippen molar-refractivity contribution in [2.24, 2.45) is 10.7 Å². The standard InChI is InChI=1S/C23H25FN3OP/c1-3-15-6-5-7-16(4-2)21(15)27-23(28)19-12-13-29-14-20(19)26-22(25)17-8-10-18(24)11-9-17/h5-13,29H,3-4,14H2,1-2H3,(H2,25,26)(H,27,28). The van der Waals surface area contributed by atoms with Gasteiger partial charge in [0.05, 0.1) is 11.3 Å². The molecule has 2 aromatic rings. The Labute approximate surface area is 172 Å². The molecule has 0 aliphatic carbocycles. The number of anilines is 1. The molecule has 0 saturated carbocycles.